The van der Waals surface area contributed by atoms with Gasteiger partial charge in [-0.25, -0.2) is 0 Å². The molecular formula is C13H21NO. The average Bonchev–Trinajstić information content (AvgIpc) is 2.24. The van der Waals surface area contributed by atoms with Crippen molar-refractivity contribution in [2.75, 3.05) is 0 Å². The summed E-state index contributed by atoms with van der Waals surface area (Å²) in [7, 11) is 0. The second-order valence-electron chi connectivity index (χ2n) is 3.14. The van der Waals surface area contributed by atoms with Crippen molar-refractivity contribution in [2.45, 2.75) is 40.5 Å². The third-order valence-corrected chi connectivity index (χ3v) is 2.11. The summed E-state index contributed by atoms with van der Waals surface area (Å²) in [5.41, 5.74) is 2.89. The summed E-state index contributed by atoms with van der Waals surface area (Å²) in [5, 5.41) is 9.24. The maximum atomic E-state index is 9.24. The van der Waals surface area contributed by atoms with Gasteiger partial charge in [0.2, 0.25) is 0 Å². The molecule has 0 aliphatic heterocycles. The fraction of sp³-hybridized carbons (Fsp3) is 0.462. The van der Waals surface area contributed by atoms with E-state index >= 15 is 0 Å². The third-order valence-electron chi connectivity index (χ3n) is 2.11. The lowest BCUT2D eigenvalue weighted by molar-refractivity contribution is 0.509. The van der Waals surface area contributed by atoms with Crippen molar-refractivity contribution in [2.24, 2.45) is 0 Å². The fourth-order valence-corrected chi connectivity index (χ4v) is 1.41. The Kier molecular flexibility index (Phi) is 6.43. The molecule has 0 spiro atoms. The molecule has 0 aliphatic rings. The van der Waals surface area contributed by atoms with E-state index in [9.17, 15) is 5.11 Å². The van der Waals surface area contributed by atoms with Gasteiger partial charge >= 0.3 is 0 Å². The van der Waals surface area contributed by atoms with Gasteiger partial charge in [0.1, 0.15) is 11.5 Å². The van der Waals surface area contributed by atoms with Gasteiger partial charge in [0.05, 0.1) is 0 Å². The van der Waals surface area contributed by atoms with Gasteiger partial charge in [-0.1, -0.05) is 33.8 Å². The highest BCUT2D eigenvalue weighted by molar-refractivity contribution is 5.56. The van der Waals surface area contributed by atoms with Gasteiger partial charge in [-0.15, -0.1) is 0 Å². The van der Waals surface area contributed by atoms with Gasteiger partial charge in [0.15, 0.2) is 0 Å². The van der Waals surface area contributed by atoms with Gasteiger partial charge in [-0.05, 0) is 30.5 Å². The van der Waals surface area contributed by atoms with Crippen molar-refractivity contribution in [3.8, 4) is 0 Å². The highest BCUT2D eigenvalue weighted by Crippen LogP contribution is 2.17. The van der Waals surface area contributed by atoms with E-state index < -0.39 is 0 Å². The van der Waals surface area contributed by atoms with Crippen LogP contribution in [0.15, 0.2) is 18.8 Å². The first-order valence-electron chi connectivity index (χ1n) is 5.49. The molecule has 0 saturated carbocycles. The minimum Gasteiger partial charge on any atom is -0.506 e. The van der Waals surface area contributed by atoms with E-state index in [-0.39, 0.29) is 5.76 Å². The first-order valence-corrected chi connectivity index (χ1v) is 5.49. The minimum atomic E-state index is 0.0513. The van der Waals surface area contributed by atoms with Gasteiger partial charge in [-0.2, -0.15) is 0 Å². The number of rotatable bonds is 3. The first-order chi connectivity index (χ1) is 7.16. The first kappa shape index (κ1) is 13.7. The van der Waals surface area contributed by atoms with Gasteiger partial charge in [0, 0.05) is 6.20 Å². The second-order valence-corrected chi connectivity index (χ2v) is 3.14. The van der Waals surface area contributed by atoms with Crippen molar-refractivity contribution in [3.63, 3.8) is 0 Å². The Labute approximate surface area is 92.7 Å². The van der Waals surface area contributed by atoms with E-state index in [0.29, 0.717) is 5.69 Å². The van der Waals surface area contributed by atoms with Gasteiger partial charge in [0.25, 0.3) is 0 Å². The molecular weight excluding hydrogens is 186 g/mol. The normalized spacial score (nSPS) is 9.07. The van der Waals surface area contributed by atoms with Gasteiger partial charge < -0.3 is 5.11 Å². The summed E-state index contributed by atoms with van der Waals surface area (Å²) < 4.78 is 0. The van der Waals surface area contributed by atoms with Crippen molar-refractivity contribution in [1.29, 1.82) is 0 Å². The van der Waals surface area contributed by atoms with Crippen LogP contribution in [0, 0.1) is 6.92 Å². The molecule has 0 aromatic carbocycles. The Morgan fingerprint density at radius 3 is 2.53 bits per heavy atom. The number of aromatic nitrogens is 1. The summed E-state index contributed by atoms with van der Waals surface area (Å²) in [6.45, 7) is 11.6. The van der Waals surface area contributed by atoms with E-state index in [1.165, 1.54) is 5.56 Å². The summed E-state index contributed by atoms with van der Waals surface area (Å²) in [6.07, 6.45) is 3.84. The number of aliphatic hydroxyl groups excluding tert-OH is 1. The number of hydrogen-bond donors (Lipinski definition) is 1. The molecule has 1 heterocycles. The standard InChI is InChI=1S/C11H15NO.C2H6/c1-4-5-10-6-7-12-11(8(10)2)9(3)13;1-2/h6-7,13H,3-5H2,1-2H3;1-2H3. The van der Waals surface area contributed by atoms with E-state index in [1.807, 2.05) is 26.8 Å². The van der Waals surface area contributed by atoms with Crippen LogP contribution >= 0.6 is 0 Å². The van der Waals surface area contributed by atoms with Crippen LogP contribution in [0.4, 0.5) is 0 Å². The van der Waals surface area contributed by atoms with Gasteiger partial charge in [-0.3, -0.25) is 4.98 Å². The molecule has 0 fully saturated rings. The summed E-state index contributed by atoms with van der Waals surface area (Å²) in [5.74, 6) is 0.0513. The van der Waals surface area contributed by atoms with Crippen LogP contribution in [0.1, 0.15) is 44.0 Å². The number of nitrogens with zero attached hydrogens (tertiary/aromatic N) is 1. The van der Waals surface area contributed by atoms with Crippen LogP contribution in [0.25, 0.3) is 5.76 Å². The van der Waals surface area contributed by atoms with Crippen molar-refractivity contribution >= 4 is 5.76 Å². The lowest BCUT2D eigenvalue weighted by Crippen LogP contribution is -1.97. The maximum absolute atomic E-state index is 9.24. The summed E-state index contributed by atoms with van der Waals surface area (Å²) in [4.78, 5) is 4.07. The van der Waals surface area contributed by atoms with Crippen LogP contribution < -0.4 is 0 Å². The maximum Gasteiger partial charge on any atom is 0.134 e. The van der Waals surface area contributed by atoms with Crippen molar-refractivity contribution < 1.29 is 5.11 Å². The van der Waals surface area contributed by atoms with Crippen LogP contribution in [0.5, 0.6) is 0 Å². The number of aryl methyl sites for hydroxylation is 1. The predicted octanol–water partition coefficient (Wildman–Crippen LogP) is 3.90. The monoisotopic (exact) mass is 207 g/mol. The molecule has 0 amide bonds. The number of hydrogen-bond acceptors (Lipinski definition) is 2. The molecule has 0 aliphatic carbocycles. The Balaban J connectivity index is 0.000000921. The smallest absolute Gasteiger partial charge is 0.134 e. The minimum absolute atomic E-state index is 0.0513. The largest absolute Gasteiger partial charge is 0.506 e. The second kappa shape index (κ2) is 7.04. The van der Waals surface area contributed by atoms with E-state index in [4.69, 9.17) is 0 Å². The molecule has 2 nitrogen and oxygen atoms in total. The summed E-state index contributed by atoms with van der Waals surface area (Å²) >= 11 is 0. The zero-order valence-electron chi connectivity index (χ0n) is 10.2. The zero-order valence-corrected chi connectivity index (χ0v) is 10.2. The molecule has 84 valence electrons. The van der Waals surface area contributed by atoms with Crippen LogP contribution in [-0.4, -0.2) is 10.1 Å². The lowest BCUT2D eigenvalue weighted by atomic mass is 10.0. The van der Waals surface area contributed by atoms with E-state index in [2.05, 4.69) is 18.5 Å². The molecule has 1 aromatic heterocycles. The topological polar surface area (TPSA) is 33.1 Å². The molecule has 0 atom stereocenters. The molecule has 0 unspecified atom stereocenters. The molecule has 1 aromatic rings. The molecule has 1 rings (SSSR count). The Morgan fingerprint density at radius 2 is 2.07 bits per heavy atom. The molecule has 15 heavy (non-hydrogen) atoms. The Bertz CT molecular complexity index is 318. The molecule has 0 saturated heterocycles. The molecule has 0 bridgehead atoms. The summed E-state index contributed by atoms with van der Waals surface area (Å²) in [6, 6.07) is 1.99. The van der Waals surface area contributed by atoms with Crippen LogP contribution in [0.3, 0.4) is 0 Å². The van der Waals surface area contributed by atoms with E-state index in [1.54, 1.807) is 6.20 Å². The van der Waals surface area contributed by atoms with E-state index in [0.717, 1.165) is 18.4 Å². The van der Waals surface area contributed by atoms with Crippen LogP contribution in [-0.2, 0) is 6.42 Å². The molecule has 0 radical (unpaired) electrons. The SMILES string of the molecule is C=C(O)c1nccc(CCC)c1C.CC. The zero-order chi connectivity index (χ0) is 11.8. The fourth-order valence-electron chi connectivity index (χ4n) is 1.41. The highest BCUT2D eigenvalue weighted by atomic mass is 16.3. The Morgan fingerprint density at radius 1 is 1.47 bits per heavy atom. The Hall–Kier alpha value is -1.31. The highest BCUT2D eigenvalue weighted by Gasteiger charge is 2.06. The third kappa shape index (κ3) is 3.74. The van der Waals surface area contributed by atoms with Crippen molar-refractivity contribution in [1.82, 2.24) is 4.98 Å². The number of pyridine rings is 1. The molecule has 1 N–H and O–H groups in total. The average molecular weight is 207 g/mol. The predicted molar refractivity (Wildman–Crippen MR) is 66.0 cm³/mol. The van der Waals surface area contributed by atoms with Crippen molar-refractivity contribution in [3.05, 3.63) is 35.7 Å². The molecule has 2 heteroatoms. The number of aliphatic hydroxyl groups is 1. The van der Waals surface area contributed by atoms with Crippen LogP contribution in [0.2, 0.25) is 0 Å². The quantitative estimate of drug-likeness (QED) is 0.762. The lowest BCUT2D eigenvalue weighted by Gasteiger charge is -2.07.